The molecule has 2 heterocycles. The third-order valence-electron chi connectivity index (χ3n) is 2.83. The smallest absolute Gasteiger partial charge is 0.188 e. The number of hydrogen-bond donors (Lipinski definition) is 1. The zero-order chi connectivity index (χ0) is 11.5. The number of likely N-dealkylation sites (tertiary alicyclic amines) is 1. The maximum Gasteiger partial charge on any atom is 0.188 e. The summed E-state index contributed by atoms with van der Waals surface area (Å²) in [7, 11) is 1.76. The van der Waals surface area contributed by atoms with Gasteiger partial charge in [-0.1, -0.05) is 12.1 Å². The standard InChI is InChI=1S/C9H16N6O/c1-7-5-15(4-3-8(7)12-16)6-9-10-13-14(2)11-9/h7,16H,3-6H2,1-2H3. The van der Waals surface area contributed by atoms with E-state index in [0.29, 0.717) is 6.54 Å². The molecule has 1 N–H and O–H groups in total. The predicted octanol–water partition coefficient (Wildman–Crippen LogP) is -0.118. The van der Waals surface area contributed by atoms with Gasteiger partial charge in [0.05, 0.1) is 19.3 Å². The van der Waals surface area contributed by atoms with Crippen LogP contribution in [0.1, 0.15) is 19.2 Å². The molecule has 1 saturated heterocycles. The second-order valence-electron chi connectivity index (χ2n) is 4.17. The van der Waals surface area contributed by atoms with Gasteiger partial charge < -0.3 is 5.21 Å². The van der Waals surface area contributed by atoms with Crippen LogP contribution in [0, 0.1) is 5.92 Å². The van der Waals surface area contributed by atoms with E-state index in [2.05, 4.69) is 32.4 Å². The van der Waals surface area contributed by atoms with Crippen LogP contribution in [-0.4, -0.2) is 49.1 Å². The molecule has 0 spiro atoms. The van der Waals surface area contributed by atoms with Crippen LogP contribution in [0.2, 0.25) is 0 Å². The fourth-order valence-corrected chi connectivity index (χ4v) is 1.98. The second kappa shape index (κ2) is 4.56. The lowest BCUT2D eigenvalue weighted by Gasteiger charge is -2.30. The molecule has 0 radical (unpaired) electrons. The first-order valence-corrected chi connectivity index (χ1v) is 5.35. The van der Waals surface area contributed by atoms with Gasteiger partial charge in [-0.3, -0.25) is 4.90 Å². The quantitative estimate of drug-likeness (QED) is 0.559. The van der Waals surface area contributed by atoms with Crippen molar-refractivity contribution in [3.8, 4) is 0 Å². The minimum Gasteiger partial charge on any atom is -0.411 e. The van der Waals surface area contributed by atoms with Crippen LogP contribution < -0.4 is 0 Å². The fraction of sp³-hybridized carbons (Fsp3) is 0.778. The van der Waals surface area contributed by atoms with Gasteiger partial charge in [0.15, 0.2) is 5.82 Å². The van der Waals surface area contributed by atoms with E-state index < -0.39 is 0 Å². The molecule has 88 valence electrons. The predicted molar refractivity (Wildman–Crippen MR) is 57.1 cm³/mol. The van der Waals surface area contributed by atoms with Crippen molar-refractivity contribution < 1.29 is 5.21 Å². The molecule has 0 aromatic carbocycles. The van der Waals surface area contributed by atoms with E-state index >= 15 is 0 Å². The van der Waals surface area contributed by atoms with Gasteiger partial charge in [-0.15, -0.1) is 10.2 Å². The summed E-state index contributed by atoms with van der Waals surface area (Å²) in [6.45, 7) is 4.52. The number of aromatic nitrogens is 4. The van der Waals surface area contributed by atoms with Crippen LogP contribution >= 0.6 is 0 Å². The highest BCUT2D eigenvalue weighted by Crippen LogP contribution is 2.14. The Labute approximate surface area is 93.7 Å². The summed E-state index contributed by atoms with van der Waals surface area (Å²) < 4.78 is 0. The van der Waals surface area contributed by atoms with Gasteiger partial charge in [0.1, 0.15) is 0 Å². The maximum atomic E-state index is 8.77. The van der Waals surface area contributed by atoms with Crippen molar-refractivity contribution in [2.45, 2.75) is 19.9 Å². The van der Waals surface area contributed by atoms with Crippen LogP contribution in [-0.2, 0) is 13.6 Å². The fourth-order valence-electron chi connectivity index (χ4n) is 1.98. The molecule has 0 bridgehead atoms. The molecule has 1 fully saturated rings. The number of rotatable bonds is 2. The van der Waals surface area contributed by atoms with Gasteiger partial charge >= 0.3 is 0 Å². The number of aryl methyl sites for hydroxylation is 1. The Morgan fingerprint density at radius 3 is 2.94 bits per heavy atom. The summed E-state index contributed by atoms with van der Waals surface area (Å²) >= 11 is 0. The van der Waals surface area contributed by atoms with Gasteiger partial charge in [-0.25, -0.2) is 0 Å². The van der Waals surface area contributed by atoms with Crippen molar-refractivity contribution in [1.82, 2.24) is 25.1 Å². The largest absolute Gasteiger partial charge is 0.411 e. The van der Waals surface area contributed by atoms with Gasteiger partial charge in [0.25, 0.3) is 0 Å². The molecule has 1 aliphatic heterocycles. The molecule has 0 amide bonds. The molecule has 7 nitrogen and oxygen atoms in total. The molecule has 1 unspecified atom stereocenters. The van der Waals surface area contributed by atoms with Crippen molar-refractivity contribution >= 4 is 5.71 Å². The molecule has 0 saturated carbocycles. The summed E-state index contributed by atoms with van der Waals surface area (Å²) in [6, 6.07) is 0. The van der Waals surface area contributed by atoms with Crippen molar-refractivity contribution in [3.63, 3.8) is 0 Å². The Kier molecular flexibility index (Phi) is 3.14. The second-order valence-corrected chi connectivity index (χ2v) is 4.17. The van der Waals surface area contributed by atoms with Gasteiger partial charge in [-0.05, 0) is 5.21 Å². The monoisotopic (exact) mass is 224 g/mol. The highest BCUT2D eigenvalue weighted by atomic mass is 16.4. The Morgan fingerprint density at radius 1 is 1.56 bits per heavy atom. The van der Waals surface area contributed by atoms with Crippen molar-refractivity contribution in [2.75, 3.05) is 13.1 Å². The summed E-state index contributed by atoms with van der Waals surface area (Å²) in [5.41, 5.74) is 0.878. The van der Waals surface area contributed by atoms with Gasteiger partial charge in [-0.2, -0.15) is 4.80 Å². The van der Waals surface area contributed by atoms with Crippen molar-refractivity contribution in [1.29, 1.82) is 0 Å². The topological polar surface area (TPSA) is 79.4 Å². The molecular weight excluding hydrogens is 208 g/mol. The number of hydrogen-bond acceptors (Lipinski definition) is 6. The molecule has 1 atom stereocenters. The zero-order valence-electron chi connectivity index (χ0n) is 9.54. The first-order valence-electron chi connectivity index (χ1n) is 5.35. The lowest BCUT2D eigenvalue weighted by Crippen LogP contribution is -2.39. The molecule has 16 heavy (non-hydrogen) atoms. The van der Waals surface area contributed by atoms with E-state index in [9.17, 15) is 0 Å². The molecule has 2 rings (SSSR count). The Hall–Kier alpha value is -1.50. The lowest BCUT2D eigenvalue weighted by atomic mass is 9.98. The molecular formula is C9H16N6O. The highest BCUT2D eigenvalue weighted by Gasteiger charge is 2.23. The van der Waals surface area contributed by atoms with E-state index in [-0.39, 0.29) is 5.92 Å². The first-order chi connectivity index (χ1) is 7.69. The summed E-state index contributed by atoms with van der Waals surface area (Å²) in [6.07, 6.45) is 0.804. The molecule has 7 heteroatoms. The van der Waals surface area contributed by atoms with Crippen molar-refractivity contribution in [2.24, 2.45) is 18.1 Å². The maximum absolute atomic E-state index is 8.77. The Bertz CT molecular complexity index is 387. The minimum atomic E-state index is 0.287. The zero-order valence-corrected chi connectivity index (χ0v) is 9.54. The van der Waals surface area contributed by atoms with Gasteiger partial charge in [0, 0.05) is 25.4 Å². The van der Waals surface area contributed by atoms with Gasteiger partial charge in [0.2, 0.25) is 0 Å². The highest BCUT2D eigenvalue weighted by molar-refractivity contribution is 5.86. The van der Waals surface area contributed by atoms with E-state index in [0.717, 1.165) is 31.0 Å². The summed E-state index contributed by atoms with van der Waals surface area (Å²) in [5, 5.41) is 24.0. The lowest BCUT2D eigenvalue weighted by molar-refractivity contribution is 0.223. The molecule has 1 aromatic heterocycles. The first kappa shape index (κ1) is 11.0. The third-order valence-corrected chi connectivity index (χ3v) is 2.83. The number of tetrazole rings is 1. The SMILES string of the molecule is CC1CN(Cc2nnn(C)n2)CCC1=NO. The number of oxime groups is 1. The number of nitrogens with zero attached hydrogens (tertiary/aromatic N) is 6. The normalized spacial score (nSPS) is 25.1. The minimum absolute atomic E-state index is 0.287. The van der Waals surface area contributed by atoms with E-state index in [1.165, 1.54) is 4.80 Å². The molecule has 1 aliphatic rings. The summed E-state index contributed by atoms with van der Waals surface area (Å²) in [5.74, 6) is 1.02. The van der Waals surface area contributed by atoms with Crippen molar-refractivity contribution in [3.05, 3.63) is 5.82 Å². The summed E-state index contributed by atoms with van der Waals surface area (Å²) in [4.78, 5) is 3.71. The van der Waals surface area contributed by atoms with E-state index in [1.807, 2.05) is 0 Å². The van der Waals surface area contributed by atoms with E-state index in [4.69, 9.17) is 5.21 Å². The average molecular weight is 224 g/mol. The molecule has 0 aliphatic carbocycles. The van der Waals surface area contributed by atoms with E-state index in [1.54, 1.807) is 7.05 Å². The number of piperidine rings is 1. The molecule has 1 aromatic rings. The van der Waals surface area contributed by atoms with Crippen LogP contribution in [0.3, 0.4) is 0 Å². The Balaban J connectivity index is 1.93. The van der Waals surface area contributed by atoms with Crippen LogP contribution in [0.5, 0.6) is 0 Å². The average Bonchev–Trinajstić information content (AvgIpc) is 2.64. The van der Waals surface area contributed by atoms with Crippen LogP contribution in [0.25, 0.3) is 0 Å². The van der Waals surface area contributed by atoms with Crippen LogP contribution in [0.4, 0.5) is 0 Å². The Morgan fingerprint density at radius 2 is 2.38 bits per heavy atom. The third kappa shape index (κ3) is 2.35. The van der Waals surface area contributed by atoms with Crippen LogP contribution in [0.15, 0.2) is 5.16 Å².